The molecule has 0 aliphatic heterocycles. The molecular weight excluding hydrogens is 310 g/mol. The number of aromatic nitrogens is 4. The molecule has 6 nitrogen and oxygen atoms in total. The molecule has 0 unspecified atom stereocenters. The number of imidazole rings is 1. The Kier molecular flexibility index (Phi) is 4.87. The van der Waals surface area contributed by atoms with Crippen LogP contribution in [0.2, 0.25) is 0 Å². The number of rotatable bonds is 6. The zero-order valence-corrected chi connectivity index (χ0v) is 13.6. The summed E-state index contributed by atoms with van der Waals surface area (Å²) in [5.74, 6) is 0.775. The molecule has 0 aliphatic carbocycles. The van der Waals surface area contributed by atoms with E-state index in [1.807, 2.05) is 29.2 Å². The lowest BCUT2D eigenvalue weighted by molar-refractivity contribution is 0.0956. The summed E-state index contributed by atoms with van der Waals surface area (Å²) in [5, 5.41) is 2.87. The molecule has 0 fully saturated rings. The van der Waals surface area contributed by atoms with Gasteiger partial charge in [-0.15, -0.1) is 0 Å². The van der Waals surface area contributed by atoms with Crippen molar-refractivity contribution in [2.75, 3.05) is 18.6 Å². The molecule has 0 aromatic carbocycles. The monoisotopic (exact) mass is 327 g/mol. The molecule has 1 N–H and O–H groups in total. The lowest BCUT2D eigenvalue weighted by atomic mass is 10.2. The molecule has 1 amide bonds. The van der Waals surface area contributed by atoms with Crippen LogP contribution < -0.4 is 5.32 Å². The predicted octanol–water partition coefficient (Wildman–Crippen LogP) is 1.97. The van der Waals surface area contributed by atoms with Crippen LogP contribution >= 0.6 is 11.8 Å². The zero-order valence-electron chi connectivity index (χ0n) is 12.8. The molecule has 3 rings (SSSR count). The van der Waals surface area contributed by atoms with Crippen LogP contribution in [-0.4, -0.2) is 44.0 Å². The molecule has 0 aliphatic rings. The third kappa shape index (κ3) is 3.68. The number of nitrogens with one attached hydrogen (secondary N) is 1. The van der Waals surface area contributed by atoms with Crippen molar-refractivity contribution in [2.24, 2.45) is 0 Å². The Hall–Kier alpha value is -2.41. The summed E-state index contributed by atoms with van der Waals surface area (Å²) in [6.07, 6.45) is 8.90. The smallest absolute Gasteiger partial charge is 0.252 e. The van der Waals surface area contributed by atoms with Crippen LogP contribution in [0, 0.1) is 0 Å². The van der Waals surface area contributed by atoms with Crippen molar-refractivity contribution >= 4 is 28.8 Å². The third-order valence-electron chi connectivity index (χ3n) is 3.39. The normalized spacial score (nSPS) is 10.8. The van der Waals surface area contributed by atoms with Gasteiger partial charge in [-0.1, -0.05) is 6.07 Å². The number of hydrogen-bond acceptors (Lipinski definition) is 5. The topological polar surface area (TPSA) is 72.7 Å². The molecule has 0 spiro atoms. The van der Waals surface area contributed by atoms with E-state index in [9.17, 15) is 4.79 Å². The zero-order chi connectivity index (χ0) is 16.1. The van der Waals surface area contributed by atoms with Crippen molar-refractivity contribution in [1.82, 2.24) is 24.8 Å². The summed E-state index contributed by atoms with van der Waals surface area (Å²) in [6.45, 7) is 1.30. The quantitative estimate of drug-likeness (QED) is 0.701. The predicted molar refractivity (Wildman–Crippen MR) is 91.6 cm³/mol. The number of pyridine rings is 2. The van der Waals surface area contributed by atoms with Gasteiger partial charge in [0.2, 0.25) is 0 Å². The van der Waals surface area contributed by atoms with E-state index in [4.69, 9.17) is 0 Å². The first kappa shape index (κ1) is 15.5. The summed E-state index contributed by atoms with van der Waals surface area (Å²) in [5.41, 5.74) is 3.08. The van der Waals surface area contributed by atoms with Crippen molar-refractivity contribution in [3.8, 4) is 0 Å². The van der Waals surface area contributed by atoms with Gasteiger partial charge in [-0.3, -0.25) is 9.78 Å². The molecule has 23 heavy (non-hydrogen) atoms. The second kappa shape index (κ2) is 7.23. The van der Waals surface area contributed by atoms with Gasteiger partial charge < -0.3 is 9.88 Å². The molecule has 3 aromatic rings. The third-order valence-corrected chi connectivity index (χ3v) is 4.00. The van der Waals surface area contributed by atoms with Crippen LogP contribution in [0.1, 0.15) is 15.9 Å². The molecule has 118 valence electrons. The number of hydrogen-bond donors (Lipinski definition) is 1. The van der Waals surface area contributed by atoms with Gasteiger partial charge in [-0.25, -0.2) is 9.97 Å². The van der Waals surface area contributed by atoms with E-state index in [2.05, 4.69) is 20.3 Å². The minimum absolute atomic E-state index is 0.116. The van der Waals surface area contributed by atoms with Crippen LogP contribution in [0.25, 0.3) is 11.2 Å². The van der Waals surface area contributed by atoms with Crippen molar-refractivity contribution in [1.29, 1.82) is 0 Å². The van der Waals surface area contributed by atoms with Gasteiger partial charge in [-0.2, -0.15) is 11.8 Å². The average Bonchev–Trinajstić information content (AvgIpc) is 2.98. The highest BCUT2D eigenvalue weighted by atomic mass is 32.2. The molecule has 0 atom stereocenters. The standard InChI is InChI=1S/C16H17N5OS/c1-23-6-5-18-16(22)13-7-14-15(19-9-13)21(11-20-14)10-12-3-2-4-17-8-12/h2-4,7-9,11H,5-6,10H2,1H3,(H,18,22). The second-order valence-electron chi connectivity index (χ2n) is 5.05. The minimum atomic E-state index is -0.116. The maximum atomic E-state index is 12.1. The second-order valence-corrected chi connectivity index (χ2v) is 6.03. The summed E-state index contributed by atoms with van der Waals surface area (Å²) in [6, 6.07) is 5.68. The van der Waals surface area contributed by atoms with E-state index in [1.54, 1.807) is 36.5 Å². The maximum Gasteiger partial charge on any atom is 0.252 e. The lowest BCUT2D eigenvalue weighted by Gasteiger charge is -2.05. The molecule has 3 aromatic heterocycles. The van der Waals surface area contributed by atoms with Gasteiger partial charge in [-0.05, 0) is 24.0 Å². The first-order chi connectivity index (χ1) is 11.3. The Morgan fingerprint density at radius 2 is 2.26 bits per heavy atom. The van der Waals surface area contributed by atoms with E-state index in [0.29, 0.717) is 24.2 Å². The van der Waals surface area contributed by atoms with Gasteiger partial charge >= 0.3 is 0 Å². The van der Waals surface area contributed by atoms with Gasteiger partial charge in [0.05, 0.1) is 18.4 Å². The molecule has 0 saturated carbocycles. The Labute approximate surface area is 138 Å². The maximum absolute atomic E-state index is 12.1. The number of amides is 1. The van der Waals surface area contributed by atoms with Crippen molar-refractivity contribution in [3.05, 3.63) is 54.2 Å². The summed E-state index contributed by atoms with van der Waals surface area (Å²) in [7, 11) is 0. The number of carbonyl (C=O) groups is 1. The van der Waals surface area contributed by atoms with Gasteiger partial charge in [0, 0.05) is 30.9 Å². The van der Waals surface area contributed by atoms with Crippen molar-refractivity contribution < 1.29 is 4.79 Å². The number of nitrogens with zero attached hydrogens (tertiary/aromatic N) is 4. The molecule has 3 heterocycles. The van der Waals surface area contributed by atoms with Crippen molar-refractivity contribution in [2.45, 2.75) is 6.54 Å². The lowest BCUT2D eigenvalue weighted by Crippen LogP contribution is -2.25. The van der Waals surface area contributed by atoms with E-state index in [-0.39, 0.29) is 5.91 Å². The van der Waals surface area contributed by atoms with Crippen molar-refractivity contribution in [3.63, 3.8) is 0 Å². The van der Waals surface area contributed by atoms with Gasteiger partial charge in [0.1, 0.15) is 5.52 Å². The highest BCUT2D eigenvalue weighted by Crippen LogP contribution is 2.13. The fourth-order valence-corrected chi connectivity index (χ4v) is 2.55. The molecule has 7 heteroatoms. The molecule has 0 bridgehead atoms. The summed E-state index contributed by atoms with van der Waals surface area (Å²) < 4.78 is 1.95. The van der Waals surface area contributed by atoms with Crippen LogP contribution in [0.3, 0.4) is 0 Å². The Morgan fingerprint density at radius 3 is 3.04 bits per heavy atom. The van der Waals surface area contributed by atoms with Gasteiger partial charge in [0.25, 0.3) is 5.91 Å². The molecule has 0 saturated heterocycles. The number of thioether (sulfide) groups is 1. The number of fused-ring (bicyclic) bond motifs is 1. The highest BCUT2D eigenvalue weighted by molar-refractivity contribution is 7.98. The fraction of sp³-hybridized carbons (Fsp3) is 0.250. The first-order valence-electron chi connectivity index (χ1n) is 7.25. The Morgan fingerprint density at radius 1 is 1.35 bits per heavy atom. The van der Waals surface area contributed by atoms with E-state index in [1.165, 1.54) is 0 Å². The molecular formula is C16H17N5OS. The Bertz CT molecular complexity index is 803. The Balaban J connectivity index is 1.78. The van der Waals surface area contributed by atoms with Crippen LogP contribution in [-0.2, 0) is 6.54 Å². The summed E-state index contributed by atoms with van der Waals surface area (Å²) in [4.78, 5) is 24.9. The van der Waals surface area contributed by atoms with Crippen LogP contribution in [0.4, 0.5) is 0 Å². The van der Waals surface area contributed by atoms with Crippen LogP contribution in [0.5, 0.6) is 0 Å². The number of carbonyl (C=O) groups excluding carboxylic acids is 1. The SMILES string of the molecule is CSCCNC(=O)c1cnc2c(c1)ncn2Cc1cccnc1. The van der Waals surface area contributed by atoms with Gasteiger partial charge in [0.15, 0.2) is 5.65 Å². The highest BCUT2D eigenvalue weighted by Gasteiger charge is 2.10. The largest absolute Gasteiger partial charge is 0.351 e. The minimum Gasteiger partial charge on any atom is -0.351 e. The fourth-order valence-electron chi connectivity index (χ4n) is 2.25. The summed E-state index contributed by atoms with van der Waals surface area (Å²) >= 11 is 1.69. The van der Waals surface area contributed by atoms with E-state index >= 15 is 0 Å². The van der Waals surface area contributed by atoms with E-state index in [0.717, 1.165) is 17.0 Å². The average molecular weight is 327 g/mol. The van der Waals surface area contributed by atoms with E-state index < -0.39 is 0 Å². The van der Waals surface area contributed by atoms with Crippen LogP contribution in [0.15, 0.2) is 43.1 Å². The molecule has 0 radical (unpaired) electrons. The first-order valence-corrected chi connectivity index (χ1v) is 8.64.